The SMILES string of the molecule is Cc1nn2cccnc2c1C(=O)N1CCc2c(nn(C)c2-c2cc(F)c(F)c(F)c2)[C@@H]1C. The van der Waals surface area contributed by atoms with Crippen molar-refractivity contribution in [3.8, 4) is 11.3 Å². The molecule has 1 atom stereocenters. The summed E-state index contributed by atoms with van der Waals surface area (Å²) < 4.78 is 44.2. The third kappa shape index (κ3) is 2.89. The zero-order valence-corrected chi connectivity index (χ0v) is 17.6. The number of aryl methyl sites for hydroxylation is 2. The first-order valence-electron chi connectivity index (χ1n) is 10.1. The van der Waals surface area contributed by atoms with Crippen molar-refractivity contribution in [3.63, 3.8) is 0 Å². The molecule has 164 valence electrons. The minimum absolute atomic E-state index is 0.201. The van der Waals surface area contributed by atoms with Gasteiger partial charge < -0.3 is 4.90 Å². The van der Waals surface area contributed by atoms with Crippen molar-refractivity contribution in [1.29, 1.82) is 0 Å². The van der Waals surface area contributed by atoms with E-state index in [0.717, 1.165) is 17.7 Å². The molecule has 10 heteroatoms. The summed E-state index contributed by atoms with van der Waals surface area (Å²) in [6.07, 6.45) is 3.77. The van der Waals surface area contributed by atoms with E-state index in [1.807, 2.05) is 6.92 Å². The molecule has 0 N–H and O–H groups in total. The number of rotatable bonds is 2. The Morgan fingerprint density at radius 2 is 1.88 bits per heavy atom. The lowest BCUT2D eigenvalue weighted by atomic mass is 9.95. The van der Waals surface area contributed by atoms with Gasteiger partial charge in [0.05, 0.1) is 23.1 Å². The molecular formula is C22H19F3N6O. The molecule has 3 aromatic heterocycles. The summed E-state index contributed by atoms with van der Waals surface area (Å²) in [5, 5.41) is 8.90. The van der Waals surface area contributed by atoms with Gasteiger partial charge in [0.15, 0.2) is 23.1 Å². The Bertz CT molecular complexity index is 1370. The standard InChI is InChI=1S/C22H19F3N6O/c1-11-17(21-26-6-4-7-31(21)27-11)22(32)30-8-5-14-19(12(30)2)28-29(3)20(14)13-9-15(23)18(25)16(24)10-13/h4,6-7,9-10,12H,5,8H2,1-3H3/t12-/m0/s1. The van der Waals surface area contributed by atoms with Crippen LogP contribution in [0.3, 0.4) is 0 Å². The van der Waals surface area contributed by atoms with E-state index in [-0.39, 0.29) is 17.5 Å². The second-order valence-corrected chi connectivity index (χ2v) is 7.86. The van der Waals surface area contributed by atoms with E-state index in [1.165, 1.54) is 4.68 Å². The molecular weight excluding hydrogens is 421 g/mol. The van der Waals surface area contributed by atoms with E-state index in [4.69, 9.17) is 0 Å². The number of halogens is 3. The van der Waals surface area contributed by atoms with Gasteiger partial charge in [-0.1, -0.05) is 0 Å². The lowest BCUT2D eigenvalue weighted by molar-refractivity contribution is 0.0674. The largest absolute Gasteiger partial charge is 0.330 e. The third-order valence-corrected chi connectivity index (χ3v) is 5.94. The highest BCUT2D eigenvalue weighted by Gasteiger charge is 2.35. The van der Waals surface area contributed by atoms with E-state index < -0.39 is 17.5 Å². The molecule has 4 heterocycles. The molecule has 4 aromatic rings. The summed E-state index contributed by atoms with van der Waals surface area (Å²) in [6, 6.07) is 3.28. The highest BCUT2D eigenvalue weighted by Crippen LogP contribution is 2.37. The van der Waals surface area contributed by atoms with Crippen LogP contribution in [0.15, 0.2) is 30.6 Å². The Hall–Kier alpha value is -3.69. The molecule has 7 nitrogen and oxygen atoms in total. The van der Waals surface area contributed by atoms with Crippen molar-refractivity contribution >= 4 is 11.6 Å². The number of aromatic nitrogens is 5. The molecule has 1 aromatic carbocycles. The van der Waals surface area contributed by atoms with Crippen LogP contribution >= 0.6 is 0 Å². The average molecular weight is 440 g/mol. The lowest BCUT2D eigenvalue weighted by Gasteiger charge is -2.32. The maximum Gasteiger partial charge on any atom is 0.260 e. The Morgan fingerprint density at radius 3 is 2.59 bits per heavy atom. The van der Waals surface area contributed by atoms with Crippen LogP contribution in [0.2, 0.25) is 0 Å². The minimum Gasteiger partial charge on any atom is -0.330 e. The minimum atomic E-state index is -1.51. The molecule has 0 radical (unpaired) electrons. The van der Waals surface area contributed by atoms with Crippen LogP contribution in [0.25, 0.3) is 16.9 Å². The maximum atomic E-state index is 13.9. The van der Waals surface area contributed by atoms with E-state index >= 15 is 0 Å². The van der Waals surface area contributed by atoms with Crippen LogP contribution in [-0.4, -0.2) is 41.7 Å². The summed E-state index contributed by atoms with van der Waals surface area (Å²) in [5.74, 6) is -4.23. The molecule has 1 amide bonds. The molecule has 0 saturated heterocycles. The van der Waals surface area contributed by atoms with Gasteiger partial charge in [0.25, 0.3) is 5.91 Å². The van der Waals surface area contributed by atoms with Crippen LogP contribution in [0.4, 0.5) is 13.2 Å². The topological polar surface area (TPSA) is 68.3 Å². The summed E-state index contributed by atoms with van der Waals surface area (Å²) in [5.41, 5.74) is 3.61. The fourth-order valence-electron chi connectivity index (χ4n) is 4.47. The second-order valence-electron chi connectivity index (χ2n) is 7.86. The molecule has 0 bridgehead atoms. The number of amides is 1. The Morgan fingerprint density at radius 1 is 1.16 bits per heavy atom. The molecule has 0 unspecified atom stereocenters. The molecule has 0 saturated carbocycles. The molecule has 5 rings (SSSR count). The monoisotopic (exact) mass is 440 g/mol. The molecule has 0 fully saturated rings. The summed E-state index contributed by atoms with van der Waals surface area (Å²) >= 11 is 0. The maximum absolute atomic E-state index is 13.9. The summed E-state index contributed by atoms with van der Waals surface area (Å²) in [6.45, 7) is 3.99. The van der Waals surface area contributed by atoms with E-state index in [2.05, 4.69) is 15.2 Å². The highest BCUT2D eigenvalue weighted by molar-refractivity contribution is 6.01. The van der Waals surface area contributed by atoms with Crippen LogP contribution in [0, 0.1) is 24.4 Å². The molecule has 0 spiro atoms. The number of hydrogen-bond donors (Lipinski definition) is 0. The molecule has 1 aliphatic rings. The van der Waals surface area contributed by atoms with Gasteiger partial charge in [0.1, 0.15) is 5.56 Å². The third-order valence-electron chi connectivity index (χ3n) is 5.94. The van der Waals surface area contributed by atoms with Crippen LogP contribution < -0.4 is 0 Å². The van der Waals surface area contributed by atoms with Gasteiger partial charge in [-0.2, -0.15) is 10.2 Å². The van der Waals surface area contributed by atoms with Crippen molar-refractivity contribution in [2.75, 3.05) is 6.54 Å². The van der Waals surface area contributed by atoms with E-state index in [9.17, 15) is 18.0 Å². The van der Waals surface area contributed by atoms with Gasteiger partial charge in [-0.3, -0.25) is 9.48 Å². The second kappa shape index (κ2) is 7.18. The van der Waals surface area contributed by atoms with Crippen molar-refractivity contribution < 1.29 is 18.0 Å². The number of fused-ring (bicyclic) bond motifs is 2. The van der Waals surface area contributed by atoms with Gasteiger partial charge in [0.2, 0.25) is 0 Å². The number of nitrogens with zero attached hydrogens (tertiary/aromatic N) is 6. The smallest absolute Gasteiger partial charge is 0.260 e. The van der Waals surface area contributed by atoms with E-state index in [1.54, 1.807) is 41.8 Å². The van der Waals surface area contributed by atoms with Crippen LogP contribution in [0.5, 0.6) is 0 Å². The Kier molecular flexibility index (Phi) is 4.54. The van der Waals surface area contributed by atoms with Crippen molar-refractivity contribution in [3.05, 3.63) is 70.6 Å². The summed E-state index contributed by atoms with van der Waals surface area (Å²) in [7, 11) is 1.66. The van der Waals surface area contributed by atoms with Gasteiger partial charge in [0, 0.05) is 37.1 Å². The molecule has 1 aliphatic heterocycles. The fraction of sp³-hybridized carbons (Fsp3) is 0.273. The predicted octanol–water partition coefficient (Wildman–Crippen LogP) is 3.62. The normalized spacial score (nSPS) is 15.9. The Balaban J connectivity index is 1.55. The Labute approximate surface area is 181 Å². The highest BCUT2D eigenvalue weighted by atomic mass is 19.2. The average Bonchev–Trinajstić information content (AvgIpc) is 3.27. The predicted molar refractivity (Wildman–Crippen MR) is 109 cm³/mol. The van der Waals surface area contributed by atoms with Gasteiger partial charge in [-0.15, -0.1) is 0 Å². The van der Waals surface area contributed by atoms with Gasteiger partial charge in [-0.05, 0) is 38.5 Å². The number of hydrogen-bond acceptors (Lipinski definition) is 4. The van der Waals surface area contributed by atoms with E-state index in [0.29, 0.717) is 41.3 Å². The zero-order chi connectivity index (χ0) is 22.7. The van der Waals surface area contributed by atoms with Gasteiger partial charge >= 0.3 is 0 Å². The van der Waals surface area contributed by atoms with Crippen molar-refractivity contribution in [2.24, 2.45) is 7.05 Å². The fourth-order valence-corrected chi connectivity index (χ4v) is 4.47. The van der Waals surface area contributed by atoms with Crippen LogP contribution in [-0.2, 0) is 13.5 Å². The van der Waals surface area contributed by atoms with Crippen LogP contribution in [0.1, 0.15) is 40.3 Å². The number of carbonyl (C=O) groups excluding carboxylic acids is 1. The molecule has 32 heavy (non-hydrogen) atoms. The first-order chi connectivity index (χ1) is 15.3. The summed E-state index contributed by atoms with van der Waals surface area (Å²) in [4.78, 5) is 19.5. The zero-order valence-electron chi connectivity index (χ0n) is 17.6. The van der Waals surface area contributed by atoms with Crippen molar-refractivity contribution in [2.45, 2.75) is 26.3 Å². The first kappa shape index (κ1) is 20.2. The quantitative estimate of drug-likeness (QED) is 0.447. The molecule has 0 aliphatic carbocycles. The first-order valence-corrected chi connectivity index (χ1v) is 10.1. The van der Waals surface area contributed by atoms with Crippen molar-refractivity contribution in [1.82, 2.24) is 29.3 Å². The number of benzene rings is 1. The van der Waals surface area contributed by atoms with Gasteiger partial charge in [-0.25, -0.2) is 22.7 Å². The lowest BCUT2D eigenvalue weighted by Crippen LogP contribution is -2.39. The number of carbonyl (C=O) groups is 1.